The molecule has 2 aliphatic carbocycles. The molecule has 0 saturated heterocycles. The van der Waals surface area contributed by atoms with Crippen molar-refractivity contribution in [3.05, 3.63) is 35.4 Å². The number of aliphatic hydroxyl groups excluding tert-OH is 1. The summed E-state index contributed by atoms with van der Waals surface area (Å²) < 4.78 is 0. The van der Waals surface area contributed by atoms with Gasteiger partial charge in [-0.1, -0.05) is 24.3 Å². The Morgan fingerprint density at radius 3 is 2.84 bits per heavy atom. The van der Waals surface area contributed by atoms with E-state index in [1.165, 1.54) is 5.56 Å². The second kappa shape index (κ2) is 4.94. The van der Waals surface area contributed by atoms with Gasteiger partial charge in [-0.15, -0.1) is 0 Å². The maximum atomic E-state index is 11.8. The maximum Gasteiger partial charge on any atom is 0.234 e. The molecule has 1 fully saturated rings. The standard InChI is InChI=1S/C15H20N2O2/c1-17(9-14(18)16-11-6-7-11)13-8-10-4-2-3-5-12(10)15(13)19/h2-5,11,13,15,19H,6-9H2,1H3,(H,16,18). The van der Waals surface area contributed by atoms with E-state index < -0.39 is 6.10 Å². The van der Waals surface area contributed by atoms with Crippen LogP contribution >= 0.6 is 0 Å². The van der Waals surface area contributed by atoms with E-state index in [0.29, 0.717) is 12.6 Å². The molecule has 4 nitrogen and oxygen atoms in total. The summed E-state index contributed by atoms with van der Waals surface area (Å²) in [7, 11) is 1.91. The van der Waals surface area contributed by atoms with E-state index in [9.17, 15) is 9.90 Å². The Bertz CT molecular complexity index is 485. The van der Waals surface area contributed by atoms with Gasteiger partial charge < -0.3 is 10.4 Å². The molecule has 0 bridgehead atoms. The van der Waals surface area contributed by atoms with Gasteiger partial charge >= 0.3 is 0 Å². The highest BCUT2D eigenvalue weighted by molar-refractivity contribution is 5.78. The van der Waals surface area contributed by atoms with Gasteiger partial charge in [-0.05, 0) is 37.4 Å². The van der Waals surface area contributed by atoms with E-state index in [2.05, 4.69) is 11.4 Å². The average Bonchev–Trinajstić information content (AvgIpc) is 3.12. The average molecular weight is 260 g/mol. The second-order valence-electron chi connectivity index (χ2n) is 5.67. The highest BCUT2D eigenvalue weighted by Gasteiger charge is 2.34. The van der Waals surface area contributed by atoms with Crippen LogP contribution in [0.15, 0.2) is 24.3 Å². The Morgan fingerprint density at radius 2 is 2.16 bits per heavy atom. The van der Waals surface area contributed by atoms with E-state index in [1.54, 1.807) is 0 Å². The molecule has 3 rings (SSSR count). The highest BCUT2D eigenvalue weighted by Crippen LogP contribution is 2.33. The van der Waals surface area contributed by atoms with Gasteiger partial charge in [-0.25, -0.2) is 0 Å². The molecular weight excluding hydrogens is 240 g/mol. The Labute approximate surface area is 113 Å². The number of aliphatic hydroxyl groups is 1. The molecule has 0 aromatic heterocycles. The lowest BCUT2D eigenvalue weighted by atomic mass is 10.1. The predicted molar refractivity (Wildman–Crippen MR) is 72.7 cm³/mol. The summed E-state index contributed by atoms with van der Waals surface area (Å²) in [6, 6.07) is 8.36. The molecule has 1 amide bonds. The molecule has 1 aromatic carbocycles. The van der Waals surface area contributed by atoms with Gasteiger partial charge in [0.2, 0.25) is 5.91 Å². The van der Waals surface area contributed by atoms with Gasteiger partial charge in [0.15, 0.2) is 0 Å². The van der Waals surface area contributed by atoms with Crippen molar-refractivity contribution in [2.45, 2.75) is 37.5 Å². The lowest BCUT2D eigenvalue weighted by Gasteiger charge is -2.26. The van der Waals surface area contributed by atoms with Crippen LogP contribution < -0.4 is 5.32 Å². The lowest BCUT2D eigenvalue weighted by Crippen LogP contribution is -2.43. The number of likely N-dealkylation sites (N-methyl/N-ethyl adjacent to an activating group) is 1. The molecule has 0 heterocycles. The number of nitrogens with zero attached hydrogens (tertiary/aromatic N) is 1. The van der Waals surface area contributed by atoms with Crippen LogP contribution in [0.3, 0.4) is 0 Å². The first-order chi connectivity index (χ1) is 9.15. The first-order valence-corrected chi connectivity index (χ1v) is 6.90. The summed E-state index contributed by atoms with van der Waals surface area (Å²) in [6.45, 7) is 0.353. The molecule has 1 saturated carbocycles. The molecule has 2 aliphatic rings. The van der Waals surface area contributed by atoms with Gasteiger partial charge in [0, 0.05) is 12.1 Å². The zero-order valence-electron chi connectivity index (χ0n) is 11.2. The van der Waals surface area contributed by atoms with E-state index in [0.717, 1.165) is 24.8 Å². The van der Waals surface area contributed by atoms with Crippen LogP contribution in [-0.2, 0) is 11.2 Å². The monoisotopic (exact) mass is 260 g/mol. The normalized spacial score (nSPS) is 25.4. The van der Waals surface area contributed by atoms with Gasteiger partial charge in [0.25, 0.3) is 0 Å². The molecule has 1 aromatic rings. The number of nitrogens with one attached hydrogen (secondary N) is 1. The number of rotatable bonds is 4. The fourth-order valence-electron chi connectivity index (χ4n) is 2.79. The second-order valence-corrected chi connectivity index (χ2v) is 5.67. The third-order valence-corrected chi connectivity index (χ3v) is 4.07. The molecule has 2 atom stereocenters. The number of carbonyl (C=O) groups is 1. The summed E-state index contributed by atoms with van der Waals surface area (Å²) in [5.41, 5.74) is 2.19. The van der Waals surface area contributed by atoms with E-state index in [-0.39, 0.29) is 11.9 Å². The Kier molecular flexibility index (Phi) is 3.29. The summed E-state index contributed by atoms with van der Waals surface area (Å²) in [6.07, 6.45) is 2.53. The van der Waals surface area contributed by atoms with Crippen molar-refractivity contribution >= 4 is 5.91 Å². The quantitative estimate of drug-likeness (QED) is 0.844. The van der Waals surface area contributed by atoms with Gasteiger partial charge in [-0.2, -0.15) is 0 Å². The summed E-state index contributed by atoms with van der Waals surface area (Å²) in [5.74, 6) is 0.0631. The fraction of sp³-hybridized carbons (Fsp3) is 0.533. The third kappa shape index (κ3) is 2.65. The van der Waals surface area contributed by atoms with Crippen molar-refractivity contribution in [3.8, 4) is 0 Å². The van der Waals surface area contributed by atoms with Crippen LogP contribution in [0.25, 0.3) is 0 Å². The van der Waals surface area contributed by atoms with Gasteiger partial charge in [0.05, 0.1) is 12.6 Å². The lowest BCUT2D eigenvalue weighted by molar-refractivity contribution is -0.123. The number of hydrogen-bond donors (Lipinski definition) is 2. The van der Waals surface area contributed by atoms with E-state index in [4.69, 9.17) is 0 Å². The van der Waals surface area contributed by atoms with Crippen LogP contribution in [0.1, 0.15) is 30.1 Å². The fourth-order valence-corrected chi connectivity index (χ4v) is 2.79. The number of amides is 1. The SMILES string of the molecule is CN(CC(=O)NC1CC1)C1Cc2ccccc2C1O. The Hall–Kier alpha value is -1.39. The Morgan fingerprint density at radius 1 is 1.42 bits per heavy atom. The van der Waals surface area contributed by atoms with Crippen molar-refractivity contribution in [3.63, 3.8) is 0 Å². The molecule has 102 valence electrons. The van der Waals surface area contributed by atoms with Crippen LogP contribution in [0, 0.1) is 0 Å². The molecular formula is C15H20N2O2. The minimum absolute atomic E-state index is 0.00218. The minimum atomic E-state index is -0.491. The van der Waals surface area contributed by atoms with Crippen molar-refractivity contribution < 1.29 is 9.90 Å². The number of benzene rings is 1. The van der Waals surface area contributed by atoms with E-state index >= 15 is 0 Å². The van der Waals surface area contributed by atoms with Gasteiger partial charge in [-0.3, -0.25) is 9.69 Å². The predicted octanol–water partition coefficient (Wildman–Crippen LogP) is 0.855. The first-order valence-electron chi connectivity index (χ1n) is 6.90. The Balaban J connectivity index is 1.62. The molecule has 0 spiro atoms. The van der Waals surface area contributed by atoms with Gasteiger partial charge in [0.1, 0.15) is 0 Å². The minimum Gasteiger partial charge on any atom is -0.387 e. The topological polar surface area (TPSA) is 52.6 Å². The molecule has 19 heavy (non-hydrogen) atoms. The number of hydrogen-bond acceptors (Lipinski definition) is 3. The number of fused-ring (bicyclic) bond motifs is 1. The maximum absolute atomic E-state index is 11.8. The zero-order valence-corrected chi connectivity index (χ0v) is 11.2. The third-order valence-electron chi connectivity index (χ3n) is 4.07. The van der Waals surface area contributed by atoms with Crippen LogP contribution in [0.5, 0.6) is 0 Å². The molecule has 4 heteroatoms. The largest absolute Gasteiger partial charge is 0.387 e. The van der Waals surface area contributed by atoms with Crippen LogP contribution in [0.4, 0.5) is 0 Å². The molecule has 2 unspecified atom stereocenters. The summed E-state index contributed by atoms with van der Waals surface area (Å²) in [5, 5.41) is 13.3. The van der Waals surface area contributed by atoms with Crippen molar-refractivity contribution in [1.82, 2.24) is 10.2 Å². The molecule has 0 aliphatic heterocycles. The van der Waals surface area contributed by atoms with Crippen LogP contribution in [0.2, 0.25) is 0 Å². The molecule has 0 radical (unpaired) electrons. The zero-order chi connectivity index (χ0) is 13.4. The van der Waals surface area contributed by atoms with Crippen molar-refractivity contribution in [2.75, 3.05) is 13.6 Å². The van der Waals surface area contributed by atoms with E-state index in [1.807, 2.05) is 30.1 Å². The van der Waals surface area contributed by atoms with Crippen molar-refractivity contribution in [1.29, 1.82) is 0 Å². The van der Waals surface area contributed by atoms with Crippen molar-refractivity contribution in [2.24, 2.45) is 0 Å². The van der Waals surface area contributed by atoms with Crippen LogP contribution in [-0.4, -0.2) is 41.6 Å². The number of carbonyl (C=O) groups excluding carboxylic acids is 1. The smallest absolute Gasteiger partial charge is 0.234 e. The summed E-state index contributed by atoms with van der Waals surface area (Å²) in [4.78, 5) is 13.8. The summed E-state index contributed by atoms with van der Waals surface area (Å²) >= 11 is 0. The molecule has 2 N–H and O–H groups in total. The highest BCUT2D eigenvalue weighted by atomic mass is 16.3. The first kappa shape index (κ1) is 12.6.